The van der Waals surface area contributed by atoms with Gasteiger partial charge in [0.25, 0.3) is 0 Å². The number of benzene rings is 1. The topological polar surface area (TPSA) is 12.0 Å². The number of nitrogens with one attached hydrogen (secondary N) is 1. The van der Waals surface area contributed by atoms with Gasteiger partial charge >= 0.3 is 0 Å². The fourth-order valence-electron chi connectivity index (χ4n) is 0.917. The zero-order valence-corrected chi connectivity index (χ0v) is 9.37. The lowest BCUT2D eigenvalue weighted by molar-refractivity contribution is 0.817. The van der Waals surface area contributed by atoms with Crippen molar-refractivity contribution < 1.29 is 0 Å². The molecule has 0 aliphatic carbocycles. The summed E-state index contributed by atoms with van der Waals surface area (Å²) in [6, 6.07) is 6.22. The van der Waals surface area contributed by atoms with E-state index in [0.29, 0.717) is 0 Å². The second-order valence-corrected chi connectivity index (χ2v) is 4.14. The van der Waals surface area contributed by atoms with E-state index in [2.05, 4.69) is 49.3 Å². The Labute approximate surface area is 83.4 Å². The normalized spacial score (nSPS) is 10.1. The Bertz CT molecular complexity index is 228. The van der Waals surface area contributed by atoms with Crippen molar-refractivity contribution in [2.75, 3.05) is 7.05 Å². The van der Waals surface area contributed by atoms with E-state index in [1.165, 1.54) is 5.56 Å². The summed E-state index contributed by atoms with van der Waals surface area (Å²) in [6.07, 6.45) is 0. The molecule has 0 heterocycles. The second-order valence-electron chi connectivity index (χ2n) is 2.31. The molecule has 0 aromatic heterocycles. The molecule has 0 spiro atoms. The van der Waals surface area contributed by atoms with Crippen LogP contribution in [0.3, 0.4) is 0 Å². The molecule has 0 amide bonds. The number of halogens is 2. The Balaban J connectivity index is 2.89. The molecule has 0 saturated heterocycles. The van der Waals surface area contributed by atoms with Crippen LogP contribution in [-0.4, -0.2) is 7.05 Å². The van der Waals surface area contributed by atoms with Crippen LogP contribution >= 0.6 is 31.9 Å². The van der Waals surface area contributed by atoms with Crippen LogP contribution in [-0.2, 0) is 6.54 Å². The van der Waals surface area contributed by atoms with Gasteiger partial charge in [-0.05, 0) is 30.8 Å². The van der Waals surface area contributed by atoms with Crippen LogP contribution in [0.4, 0.5) is 0 Å². The maximum absolute atomic E-state index is 3.43. The Hall–Kier alpha value is 0.140. The molecule has 1 nitrogen and oxygen atoms in total. The lowest BCUT2D eigenvalue weighted by atomic mass is 10.2. The highest BCUT2D eigenvalue weighted by molar-refractivity contribution is 9.11. The molecule has 0 fully saturated rings. The van der Waals surface area contributed by atoms with E-state index >= 15 is 0 Å². The van der Waals surface area contributed by atoms with Crippen molar-refractivity contribution in [1.82, 2.24) is 5.32 Å². The molecule has 1 aromatic rings. The van der Waals surface area contributed by atoms with Crippen molar-refractivity contribution in [3.63, 3.8) is 0 Å². The van der Waals surface area contributed by atoms with Crippen LogP contribution in [0.15, 0.2) is 27.1 Å². The molecule has 1 aromatic carbocycles. The standard InChI is InChI=1S/C8H9Br2N/c1-11-5-6-2-7(9)4-8(10)3-6/h2-4,11H,5H2,1H3. The van der Waals surface area contributed by atoms with Crippen LogP contribution < -0.4 is 5.32 Å². The van der Waals surface area contributed by atoms with Crippen LogP contribution in [0, 0.1) is 0 Å². The van der Waals surface area contributed by atoms with Crippen molar-refractivity contribution in [2.24, 2.45) is 0 Å². The van der Waals surface area contributed by atoms with Gasteiger partial charge in [-0.15, -0.1) is 0 Å². The largest absolute Gasteiger partial charge is 0.316 e. The van der Waals surface area contributed by atoms with Crippen LogP contribution in [0.25, 0.3) is 0 Å². The summed E-state index contributed by atoms with van der Waals surface area (Å²) in [5.41, 5.74) is 1.27. The van der Waals surface area contributed by atoms with Gasteiger partial charge in [0.2, 0.25) is 0 Å². The Kier molecular flexibility index (Phi) is 3.55. The maximum Gasteiger partial charge on any atom is 0.0203 e. The van der Waals surface area contributed by atoms with Crippen molar-refractivity contribution in [3.8, 4) is 0 Å². The maximum atomic E-state index is 3.43. The Morgan fingerprint density at radius 2 is 1.73 bits per heavy atom. The zero-order valence-electron chi connectivity index (χ0n) is 6.20. The van der Waals surface area contributed by atoms with Gasteiger partial charge in [-0.1, -0.05) is 31.9 Å². The molecule has 3 heteroatoms. The fraction of sp³-hybridized carbons (Fsp3) is 0.250. The highest BCUT2D eigenvalue weighted by Gasteiger charge is 1.95. The highest BCUT2D eigenvalue weighted by Crippen LogP contribution is 2.19. The van der Waals surface area contributed by atoms with Gasteiger partial charge < -0.3 is 5.32 Å². The highest BCUT2D eigenvalue weighted by atomic mass is 79.9. The first-order valence-electron chi connectivity index (χ1n) is 3.32. The lowest BCUT2D eigenvalue weighted by Gasteiger charge is -2.01. The summed E-state index contributed by atoms with van der Waals surface area (Å²) >= 11 is 6.85. The molecule has 11 heavy (non-hydrogen) atoms. The summed E-state index contributed by atoms with van der Waals surface area (Å²) < 4.78 is 2.22. The number of hydrogen-bond acceptors (Lipinski definition) is 1. The Morgan fingerprint density at radius 3 is 2.18 bits per heavy atom. The molecule has 1 rings (SSSR count). The van der Waals surface area contributed by atoms with Crippen LogP contribution in [0.2, 0.25) is 0 Å². The molecule has 0 aliphatic rings. The fourth-order valence-corrected chi connectivity index (χ4v) is 2.31. The van der Waals surface area contributed by atoms with Gasteiger partial charge in [0, 0.05) is 15.5 Å². The van der Waals surface area contributed by atoms with Gasteiger partial charge in [0.15, 0.2) is 0 Å². The molecule has 1 N–H and O–H groups in total. The second kappa shape index (κ2) is 4.24. The summed E-state index contributed by atoms with van der Waals surface area (Å²) in [7, 11) is 1.94. The van der Waals surface area contributed by atoms with Gasteiger partial charge in [-0.3, -0.25) is 0 Å². The van der Waals surface area contributed by atoms with Gasteiger partial charge in [0.05, 0.1) is 0 Å². The van der Waals surface area contributed by atoms with Crippen molar-refractivity contribution in [2.45, 2.75) is 6.54 Å². The van der Waals surface area contributed by atoms with Crippen molar-refractivity contribution in [3.05, 3.63) is 32.7 Å². The molecular weight excluding hydrogens is 270 g/mol. The predicted octanol–water partition coefficient (Wildman–Crippen LogP) is 2.93. The first-order valence-corrected chi connectivity index (χ1v) is 4.90. The molecular formula is C8H9Br2N. The van der Waals surface area contributed by atoms with E-state index in [0.717, 1.165) is 15.5 Å². The molecule has 0 unspecified atom stereocenters. The van der Waals surface area contributed by atoms with Crippen molar-refractivity contribution in [1.29, 1.82) is 0 Å². The third-order valence-corrected chi connectivity index (χ3v) is 2.22. The summed E-state index contributed by atoms with van der Waals surface area (Å²) in [4.78, 5) is 0. The smallest absolute Gasteiger partial charge is 0.0203 e. The molecule has 0 saturated carbocycles. The van der Waals surface area contributed by atoms with E-state index in [9.17, 15) is 0 Å². The molecule has 0 bridgehead atoms. The molecule has 0 atom stereocenters. The minimum Gasteiger partial charge on any atom is -0.316 e. The zero-order chi connectivity index (χ0) is 8.27. The quantitative estimate of drug-likeness (QED) is 0.877. The molecule has 0 aliphatic heterocycles. The summed E-state index contributed by atoms with van der Waals surface area (Å²) in [6.45, 7) is 0.901. The van der Waals surface area contributed by atoms with Gasteiger partial charge in [-0.2, -0.15) is 0 Å². The number of hydrogen-bond donors (Lipinski definition) is 1. The Morgan fingerprint density at radius 1 is 1.18 bits per heavy atom. The van der Waals surface area contributed by atoms with E-state index in [-0.39, 0.29) is 0 Å². The summed E-state index contributed by atoms with van der Waals surface area (Å²) in [5, 5.41) is 3.10. The molecule has 60 valence electrons. The third kappa shape index (κ3) is 2.93. The van der Waals surface area contributed by atoms with E-state index in [1.807, 2.05) is 13.1 Å². The first-order chi connectivity index (χ1) is 5.22. The monoisotopic (exact) mass is 277 g/mol. The van der Waals surface area contributed by atoms with E-state index in [4.69, 9.17) is 0 Å². The molecule has 0 radical (unpaired) electrons. The third-order valence-electron chi connectivity index (χ3n) is 1.30. The minimum absolute atomic E-state index is 0.901. The van der Waals surface area contributed by atoms with E-state index < -0.39 is 0 Å². The predicted molar refractivity (Wildman–Crippen MR) is 54.6 cm³/mol. The minimum atomic E-state index is 0.901. The SMILES string of the molecule is CNCc1cc(Br)cc(Br)c1. The van der Waals surface area contributed by atoms with Gasteiger partial charge in [-0.25, -0.2) is 0 Å². The van der Waals surface area contributed by atoms with Crippen molar-refractivity contribution >= 4 is 31.9 Å². The average Bonchev–Trinajstić information content (AvgIpc) is 1.85. The van der Waals surface area contributed by atoms with Gasteiger partial charge in [0.1, 0.15) is 0 Å². The van der Waals surface area contributed by atoms with E-state index in [1.54, 1.807) is 0 Å². The number of rotatable bonds is 2. The summed E-state index contributed by atoms with van der Waals surface area (Å²) in [5.74, 6) is 0. The first kappa shape index (κ1) is 9.23. The van der Waals surface area contributed by atoms with Crippen LogP contribution in [0.1, 0.15) is 5.56 Å². The lowest BCUT2D eigenvalue weighted by Crippen LogP contribution is -2.04. The van der Waals surface area contributed by atoms with Crippen LogP contribution in [0.5, 0.6) is 0 Å². The average molecular weight is 279 g/mol.